The molecule has 0 radical (unpaired) electrons. The van der Waals surface area contributed by atoms with Gasteiger partial charge < -0.3 is 5.11 Å². The van der Waals surface area contributed by atoms with E-state index in [-0.39, 0.29) is 11.7 Å². The zero-order chi connectivity index (χ0) is 15.2. The molecular formula is C17H18N2O2. The van der Waals surface area contributed by atoms with Gasteiger partial charge >= 0.3 is 0 Å². The molecule has 0 spiro atoms. The molecule has 0 aromatic heterocycles. The largest absolute Gasteiger partial charge is 0.507 e. The van der Waals surface area contributed by atoms with Gasteiger partial charge in [0.1, 0.15) is 5.75 Å². The molecule has 0 unspecified atom stereocenters. The van der Waals surface area contributed by atoms with Crippen molar-refractivity contribution in [1.29, 1.82) is 0 Å². The Morgan fingerprint density at radius 2 is 1.95 bits per heavy atom. The molecule has 2 N–H and O–H groups in total. The second kappa shape index (κ2) is 6.70. The standard InChI is InChI=1S/C17H18N2O2/c1-3-15(14-9-4-5-10-16(14)20)18-19-17(21)13-8-6-7-12(2)11-13/h4-11,20H,3H2,1-2H3,(H,19,21). The molecule has 2 rings (SSSR count). The quantitative estimate of drug-likeness (QED) is 0.668. The van der Waals surface area contributed by atoms with Crippen molar-refractivity contribution in [2.45, 2.75) is 20.3 Å². The van der Waals surface area contributed by atoms with Crippen LogP contribution in [-0.2, 0) is 0 Å². The minimum absolute atomic E-state index is 0.155. The van der Waals surface area contributed by atoms with Gasteiger partial charge in [0.15, 0.2) is 0 Å². The lowest BCUT2D eigenvalue weighted by Gasteiger charge is -2.07. The highest BCUT2D eigenvalue weighted by Crippen LogP contribution is 2.17. The van der Waals surface area contributed by atoms with Crippen molar-refractivity contribution in [2.24, 2.45) is 5.10 Å². The fourth-order valence-electron chi connectivity index (χ4n) is 2.02. The summed E-state index contributed by atoms with van der Waals surface area (Å²) in [5, 5.41) is 14.0. The van der Waals surface area contributed by atoms with E-state index in [1.165, 1.54) is 0 Å². The molecule has 2 aromatic rings. The van der Waals surface area contributed by atoms with Gasteiger partial charge in [0.2, 0.25) is 0 Å². The van der Waals surface area contributed by atoms with Crippen molar-refractivity contribution in [3.8, 4) is 5.75 Å². The highest BCUT2D eigenvalue weighted by molar-refractivity contribution is 6.03. The number of para-hydroxylation sites is 1. The van der Waals surface area contributed by atoms with Gasteiger partial charge in [-0.25, -0.2) is 5.43 Å². The van der Waals surface area contributed by atoms with Crippen LogP contribution in [0.5, 0.6) is 5.75 Å². The van der Waals surface area contributed by atoms with Crippen molar-refractivity contribution < 1.29 is 9.90 Å². The van der Waals surface area contributed by atoms with E-state index in [1.807, 2.05) is 32.0 Å². The molecule has 4 heteroatoms. The molecule has 0 heterocycles. The van der Waals surface area contributed by atoms with E-state index in [2.05, 4.69) is 10.5 Å². The van der Waals surface area contributed by atoms with Crippen LogP contribution in [0, 0.1) is 6.92 Å². The Bertz CT molecular complexity index is 678. The number of aryl methyl sites for hydroxylation is 1. The molecule has 4 nitrogen and oxygen atoms in total. The summed E-state index contributed by atoms with van der Waals surface area (Å²) in [7, 11) is 0. The third-order valence-electron chi connectivity index (χ3n) is 3.12. The minimum atomic E-state index is -0.264. The number of rotatable bonds is 4. The highest BCUT2D eigenvalue weighted by Gasteiger charge is 2.08. The lowest BCUT2D eigenvalue weighted by molar-refractivity contribution is 0.0954. The van der Waals surface area contributed by atoms with Gasteiger partial charge in [-0.2, -0.15) is 5.10 Å². The van der Waals surface area contributed by atoms with Crippen LogP contribution < -0.4 is 5.43 Å². The summed E-state index contributed by atoms with van der Waals surface area (Å²) in [5.41, 5.74) is 5.38. The topological polar surface area (TPSA) is 61.7 Å². The van der Waals surface area contributed by atoms with Gasteiger partial charge in [-0.05, 0) is 37.6 Å². The molecule has 0 saturated carbocycles. The molecule has 0 aliphatic rings. The van der Waals surface area contributed by atoms with Crippen LogP contribution >= 0.6 is 0 Å². The first-order chi connectivity index (χ1) is 10.1. The number of benzene rings is 2. The number of nitrogens with zero attached hydrogens (tertiary/aromatic N) is 1. The second-order valence-corrected chi connectivity index (χ2v) is 4.74. The van der Waals surface area contributed by atoms with Crippen molar-refractivity contribution in [3.63, 3.8) is 0 Å². The van der Waals surface area contributed by atoms with Crippen LogP contribution in [-0.4, -0.2) is 16.7 Å². The average molecular weight is 282 g/mol. The number of nitrogens with one attached hydrogen (secondary N) is 1. The van der Waals surface area contributed by atoms with Crippen molar-refractivity contribution >= 4 is 11.6 Å². The maximum Gasteiger partial charge on any atom is 0.271 e. The van der Waals surface area contributed by atoms with Crippen molar-refractivity contribution in [2.75, 3.05) is 0 Å². The zero-order valence-electron chi connectivity index (χ0n) is 12.1. The second-order valence-electron chi connectivity index (χ2n) is 4.74. The van der Waals surface area contributed by atoms with Gasteiger partial charge in [0.25, 0.3) is 5.91 Å². The molecule has 0 fully saturated rings. The Morgan fingerprint density at radius 3 is 2.62 bits per heavy atom. The number of hydrogen-bond donors (Lipinski definition) is 2. The van der Waals surface area contributed by atoms with Gasteiger partial charge in [-0.15, -0.1) is 0 Å². The fraction of sp³-hybridized carbons (Fsp3) is 0.176. The van der Waals surface area contributed by atoms with Gasteiger partial charge in [0, 0.05) is 11.1 Å². The van der Waals surface area contributed by atoms with E-state index in [0.717, 1.165) is 5.56 Å². The zero-order valence-corrected chi connectivity index (χ0v) is 12.1. The molecule has 1 amide bonds. The average Bonchev–Trinajstić information content (AvgIpc) is 2.49. The first kappa shape index (κ1) is 14.8. The van der Waals surface area contributed by atoms with E-state index >= 15 is 0 Å². The lowest BCUT2D eigenvalue weighted by Crippen LogP contribution is -2.20. The van der Waals surface area contributed by atoms with E-state index < -0.39 is 0 Å². The van der Waals surface area contributed by atoms with Crippen LogP contribution in [0.1, 0.15) is 34.8 Å². The number of phenols is 1. The molecule has 21 heavy (non-hydrogen) atoms. The Labute approximate surface area is 124 Å². The molecule has 0 bridgehead atoms. The summed E-state index contributed by atoms with van der Waals surface area (Å²) < 4.78 is 0. The molecule has 108 valence electrons. The monoisotopic (exact) mass is 282 g/mol. The van der Waals surface area contributed by atoms with Crippen LogP contribution in [0.4, 0.5) is 0 Å². The Morgan fingerprint density at radius 1 is 1.19 bits per heavy atom. The lowest BCUT2D eigenvalue weighted by atomic mass is 10.1. The number of carbonyl (C=O) groups excluding carboxylic acids is 1. The minimum Gasteiger partial charge on any atom is -0.507 e. The van der Waals surface area contributed by atoms with Crippen molar-refractivity contribution in [1.82, 2.24) is 5.43 Å². The molecule has 0 aliphatic heterocycles. The number of hydrogen-bond acceptors (Lipinski definition) is 3. The number of hydrazone groups is 1. The number of phenolic OH excluding ortho intramolecular Hbond substituents is 1. The third-order valence-corrected chi connectivity index (χ3v) is 3.12. The van der Waals surface area contributed by atoms with Gasteiger partial charge in [-0.3, -0.25) is 4.79 Å². The number of amides is 1. The van der Waals surface area contributed by atoms with Crippen molar-refractivity contribution in [3.05, 3.63) is 65.2 Å². The Kier molecular flexibility index (Phi) is 4.72. The van der Waals surface area contributed by atoms with Gasteiger partial charge in [-0.1, -0.05) is 36.8 Å². The Balaban J connectivity index is 2.19. The predicted octanol–water partition coefficient (Wildman–Crippen LogP) is 3.24. The summed E-state index contributed by atoms with van der Waals surface area (Å²) in [6, 6.07) is 14.2. The van der Waals surface area contributed by atoms with Crippen LogP contribution in [0.15, 0.2) is 53.6 Å². The normalized spacial score (nSPS) is 11.2. The van der Waals surface area contributed by atoms with Crippen LogP contribution in [0.2, 0.25) is 0 Å². The van der Waals surface area contributed by atoms with E-state index in [4.69, 9.17) is 0 Å². The first-order valence-electron chi connectivity index (χ1n) is 6.83. The summed E-state index contributed by atoms with van der Waals surface area (Å²) >= 11 is 0. The summed E-state index contributed by atoms with van der Waals surface area (Å²) in [6.45, 7) is 3.85. The highest BCUT2D eigenvalue weighted by atomic mass is 16.3. The molecule has 0 aliphatic carbocycles. The van der Waals surface area contributed by atoms with Crippen LogP contribution in [0.3, 0.4) is 0 Å². The third kappa shape index (κ3) is 3.69. The summed E-state index contributed by atoms with van der Waals surface area (Å²) in [4.78, 5) is 12.1. The number of aromatic hydroxyl groups is 1. The van der Waals surface area contributed by atoms with E-state index in [1.54, 1.807) is 30.3 Å². The number of carbonyl (C=O) groups is 1. The fourth-order valence-corrected chi connectivity index (χ4v) is 2.02. The molecule has 0 saturated heterocycles. The van der Waals surface area contributed by atoms with E-state index in [9.17, 15) is 9.90 Å². The molecule has 0 atom stereocenters. The summed E-state index contributed by atoms with van der Waals surface area (Å²) in [5.74, 6) is -0.108. The SMILES string of the molecule is CCC(=NNC(=O)c1cccc(C)c1)c1ccccc1O. The van der Waals surface area contributed by atoms with E-state index in [0.29, 0.717) is 23.3 Å². The Hall–Kier alpha value is -2.62. The maximum atomic E-state index is 12.1. The molecular weight excluding hydrogens is 264 g/mol. The smallest absolute Gasteiger partial charge is 0.271 e. The molecule has 2 aromatic carbocycles. The predicted molar refractivity (Wildman–Crippen MR) is 83.6 cm³/mol. The maximum absolute atomic E-state index is 12.1. The first-order valence-corrected chi connectivity index (χ1v) is 6.83. The van der Waals surface area contributed by atoms with Gasteiger partial charge in [0.05, 0.1) is 5.71 Å². The summed E-state index contributed by atoms with van der Waals surface area (Å²) in [6.07, 6.45) is 0.603. The van der Waals surface area contributed by atoms with Crippen LogP contribution in [0.25, 0.3) is 0 Å².